The Bertz CT molecular complexity index is 161. The molecule has 0 aromatic heterocycles. The van der Waals surface area contributed by atoms with E-state index < -0.39 is 0 Å². The van der Waals surface area contributed by atoms with E-state index in [0.29, 0.717) is 0 Å². The van der Waals surface area contributed by atoms with Crippen molar-refractivity contribution in [3.05, 3.63) is 0 Å². The Labute approximate surface area is 111 Å². The molecule has 104 valence electrons. The van der Waals surface area contributed by atoms with Gasteiger partial charge in [0.15, 0.2) is 0 Å². The minimum atomic E-state index is 0.915. The van der Waals surface area contributed by atoms with E-state index in [1.165, 1.54) is 44.9 Å². The molecule has 0 N–H and O–H groups in total. The van der Waals surface area contributed by atoms with Crippen molar-refractivity contribution in [2.75, 3.05) is 0 Å². The first-order valence-electron chi connectivity index (χ1n) is 8.01. The molecule has 0 rings (SSSR count). The molecule has 0 heteroatoms. The molecule has 0 saturated heterocycles. The first-order valence-corrected chi connectivity index (χ1v) is 8.01. The standard InChI is InChI=1S/C17H36/c1-7-9-15(4)11-13-17(6)16(5)12-10-14(3)8-2/h14-17H,7-13H2,1-6H3. The van der Waals surface area contributed by atoms with E-state index in [9.17, 15) is 0 Å². The second-order valence-electron chi connectivity index (χ2n) is 6.52. The van der Waals surface area contributed by atoms with Crippen LogP contribution in [0.5, 0.6) is 0 Å². The largest absolute Gasteiger partial charge is 0.0654 e. The van der Waals surface area contributed by atoms with E-state index in [1.807, 2.05) is 0 Å². The molecule has 0 saturated carbocycles. The van der Waals surface area contributed by atoms with Gasteiger partial charge in [-0.25, -0.2) is 0 Å². The summed E-state index contributed by atoms with van der Waals surface area (Å²) < 4.78 is 0. The summed E-state index contributed by atoms with van der Waals surface area (Å²) in [5.74, 6) is 3.68. The van der Waals surface area contributed by atoms with Gasteiger partial charge in [0.05, 0.1) is 0 Å². The van der Waals surface area contributed by atoms with Gasteiger partial charge in [-0.1, -0.05) is 86.5 Å². The smallest absolute Gasteiger partial charge is 0.0417 e. The number of hydrogen-bond acceptors (Lipinski definition) is 0. The highest BCUT2D eigenvalue weighted by Gasteiger charge is 2.14. The molecule has 0 fully saturated rings. The molecule has 0 aliphatic rings. The van der Waals surface area contributed by atoms with Gasteiger partial charge in [0.1, 0.15) is 0 Å². The lowest BCUT2D eigenvalue weighted by atomic mass is 9.84. The maximum absolute atomic E-state index is 2.46. The first-order chi connectivity index (χ1) is 8.01. The summed E-state index contributed by atoms with van der Waals surface area (Å²) in [4.78, 5) is 0. The van der Waals surface area contributed by atoms with Crippen LogP contribution in [-0.4, -0.2) is 0 Å². The van der Waals surface area contributed by atoms with Crippen LogP contribution in [0, 0.1) is 23.7 Å². The van der Waals surface area contributed by atoms with Crippen LogP contribution in [-0.2, 0) is 0 Å². The van der Waals surface area contributed by atoms with E-state index in [-0.39, 0.29) is 0 Å². The van der Waals surface area contributed by atoms with Crippen molar-refractivity contribution < 1.29 is 0 Å². The van der Waals surface area contributed by atoms with Crippen LogP contribution in [0.1, 0.15) is 86.5 Å². The summed E-state index contributed by atoms with van der Waals surface area (Å²) in [6.45, 7) is 14.3. The minimum Gasteiger partial charge on any atom is -0.0654 e. The van der Waals surface area contributed by atoms with Crippen LogP contribution in [0.25, 0.3) is 0 Å². The van der Waals surface area contributed by atoms with Crippen molar-refractivity contribution in [2.24, 2.45) is 23.7 Å². The van der Waals surface area contributed by atoms with E-state index in [2.05, 4.69) is 41.5 Å². The van der Waals surface area contributed by atoms with Gasteiger partial charge in [-0.3, -0.25) is 0 Å². The Morgan fingerprint density at radius 2 is 1.06 bits per heavy atom. The highest BCUT2D eigenvalue weighted by Crippen LogP contribution is 2.26. The number of hydrogen-bond donors (Lipinski definition) is 0. The fourth-order valence-corrected chi connectivity index (χ4v) is 2.51. The molecule has 0 heterocycles. The minimum absolute atomic E-state index is 0.915. The molecule has 17 heavy (non-hydrogen) atoms. The molecular weight excluding hydrogens is 204 g/mol. The van der Waals surface area contributed by atoms with E-state index in [0.717, 1.165) is 23.7 Å². The highest BCUT2D eigenvalue weighted by atomic mass is 14.2. The van der Waals surface area contributed by atoms with Gasteiger partial charge >= 0.3 is 0 Å². The first kappa shape index (κ1) is 17.0. The van der Waals surface area contributed by atoms with Gasteiger partial charge in [-0.05, 0) is 23.7 Å². The summed E-state index contributed by atoms with van der Waals surface area (Å²) in [5.41, 5.74) is 0. The van der Waals surface area contributed by atoms with Crippen LogP contribution >= 0.6 is 0 Å². The third-order valence-corrected chi connectivity index (χ3v) is 4.68. The van der Waals surface area contributed by atoms with Crippen LogP contribution in [0.2, 0.25) is 0 Å². The molecule has 4 atom stereocenters. The van der Waals surface area contributed by atoms with Gasteiger partial charge in [-0.2, -0.15) is 0 Å². The summed E-state index contributed by atoms with van der Waals surface area (Å²) in [7, 11) is 0. The highest BCUT2D eigenvalue weighted by molar-refractivity contribution is 4.65. The topological polar surface area (TPSA) is 0 Å². The van der Waals surface area contributed by atoms with E-state index >= 15 is 0 Å². The lowest BCUT2D eigenvalue weighted by Crippen LogP contribution is -2.11. The van der Waals surface area contributed by atoms with Gasteiger partial charge in [0, 0.05) is 0 Å². The molecule has 0 radical (unpaired) electrons. The predicted octanol–water partition coefficient (Wildman–Crippen LogP) is 6.30. The zero-order valence-corrected chi connectivity index (χ0v) is 13.3. The Morgan fingerprint density at radius 3 is 1.47 bits per heavy atom. The number of rotatable bonds is 10. The van der Waals surface area contributed by atoms with Gasteiger partial charge in [0.2, 0.25) is 0 Å². The molecule has 0 amide bonds. The lowest BCUT2D eigenvalue weighted by molar-refractivity contribution is 0.291. The normalized spacial score (nSPS) is 18.7. The zero-order chi connectivity index (χ0) is 13.3. The monoisotopic (exact) mass is 240 g/mol. The summed E-state index contributed by atoms with van der Waals surface area (Å²) >= 11 is 0. The molecule has 0 nitrogen and oxygen atoms in total. The van der Waals surface area contributed by atoms with Crippen molar-refractivity contribution >= 4 is 0 Å². The lowest BCUT2D eigenvalue weighted by Gasteiger charge is -2.22. The van der Waals surface area contributed by atoms with Crippen molar-refractivity contribution in [2.45, 2.75) is 86.5 Å². The summed E-state index contributed by atoms with van der Waals surface area (Å²) in [5, 5.41) is 0. The van der Waals surface area contributed by atoms with Crippen molar-refractivity contribution in [3.8, 4) is 0 Å². The Kier molecular flexibility index (Phi) is 9.97. The summed E-state index contributed by atoms with van der Waals surface area (Å²) in [6.07, 6.45) is 9.82. The third kappa shape index (κ3) is 8.69. The predicted molar refractivity (Wildman–Crippen MR) is 80.3 cm³/mol. The van der Waals surface area contributed by atoms with Crippen LogP contribution in [0.15, 0.2) is 0 Å². The maximum atomic E-state index is 2.46. The Hall–Kier alpha value is 0. The molecule has 0 spiro atoms. The van der Waals surface area contributed by atoms with Crippen LogP contribution in [0.3, 0.4) is 0 Å². The molecule has 0 aromatic carbocycles. The van der Waals surface area contributed by atoms with Crippen molar-refractivity contribution in [1.82, 2.24) is 0 Å². The van der Waals surface area contributed by atoms with Gasteiger partial charge in [0.25, 0.3) is 0 Å². The Balaban J connectivity index is 3.69. The fourth-order valence-electron chi connectivity index (χ4n) is 2.51. The van der Waals surface area contributed by atoms with Crippen molar-refractivity contribution in [3.63, 3.8) is 0 Å². The molecule has 0 aromatic rings. The molecular formula is C17H36. The van der Waals surface area contributed by atoms with Gasteiger partial charge in [-0.15, -0.1) is 0 Å². The van der Waals surface area contributed by atoms with Gasteiger partial charge < -0.3 is 0 Å². The molecule has 0 bridgehead atoms. The van der Waals surface area contributed by atoms with Crippen molar-refractivity contribution in [1.29, 1.82) is 0 Å². The quantitative estimate of drug-likeness (QED) is 0.420. The molecule has 4 unspecified atom stereocenters. The third-order valence-electron chi connectivity index (χ3n) is 4.68. The fraction of sp³-hybridized carbons (Fsp3) is 1.00. The second kappa shape index (κ2) is 9.97. The molecule has 0 aliphatic heterocycles. The zero-order valence-electron chi connectivity index (χ0n) is 13.3. The van der Waals surface area contributed by atoms with E-state index in [4.69, 9.17) is 0 Å². The summed E-state index contributed by atoms with van der Waals surface area (Å²) in [6, 6.07) is 0. The Morgan fingerprint density at radius 1 is 0.588 bits per heavy atom. The maximum Gasteiger partial charge on any atom is -0.0417 e. The SMILES string of the molecule is CCCC(C)CCC(C)C(C)CCC(C)CC. The molecule has 0 aliphatic carbocycles. The van der Waals surface area contributed by atoms with Crippen LogP contribution in [0.4, 0.5) is 0 Å². The second-order valence-corrected chi connectivity index (χ2v) is 6.52. The average Bonchev–Trinajstić information content (AvgIpc) is 2.32. The average molecular weight is 240 g/mol. The van der Waals surface area contributed by atoms with Crippen LogP contribution < -0.4 is 0 Å². The van der Waals surface area contributed by atoms with E-state index in [1.54, 1.807) is 0 Å².